The third-order valence-corrected chi connectivity index (χ3v) is 5.41. The SMILES string of the molecule is CCCC[C@H](CC(=O)[C@@H](C)NC(=O)[C@@H]([NH])Cc1ccc(O)cc1)C(=O)C[C@@H](CO)C(N)=O. The van der Waals surface area contributed by atoms with Gasteiger partial charge in [-0.15, -0.1) is 0 Å². The Bertz CT molecular complexity index is 780. The van der Waals surface area contributed by atoms with Crippen molar-refractivity contribution >= 4 is 23.4 Å². The van der Waals surface area contributed by atoms with Crippen LogP contribution in [-0.4, -0.2) is 52.3 Å². The van der Waals surface area contributed by atoms with Gasteiger partial charge in [-0.25, -0.2) is 5.73 Å². The van der Waals surface area contributed by atoms with Crippen molar-refractivity contribution in [2.24, 2.45) is 17.6 Å². The molecule has 9 nitrogen and oxygen atoms in total. The Kier molecular flexibility index (Phi) is 11.6. The Morgan fingerprint density at radius 1 is 1.06 bits per heavy atom. The van der Waals surface area contributed by atoms with Crippen molar-refractivity contribution in [3.63, 3.8) is 0 Å². The number of primary amides is 1. The first-order chi connectivity index (χ1) is 15.1. The number of aliphatic hydroxyl groups is 1. The van der Waals surface area contributed by atoms with E-state index in [9.17, 15) is 29.4 Å². The van der Waals surface area contributed by atoms with E-state index < -0.39 is 42.3 Å². The van der Waals surface area contributed by atoms with Gasteiger partial charge in [-0.3, -0.25) is 19.2 Å². The molecule has 0 aromatic heterocycles. The molecule has 1 aromatic carbocycles. The summed E-state index contributed by atoms with van der Waals surface area (Å²) >= 11 is 0. The lowest BCUT2D eigenvalue weighted by Gasteiger charge is -2.21. The lowest BCUT2D eigenvalue weighted by atomic mass is 9.86. The minimum atomic E-state index is -1.13. The molecule has 1 rings (SSSR count). The third-order valence-electron chi connectivity index (χ3n) is 5.41. The molecular formula is C23H34N3O6. The first-order valence-electron chi connectivity index (χ1n) is 10.8. The molecule has 0 unspecified atom stereocenters. The molecule has 0 bridgehead atoms. The largest absolute Gasteiger partial charge is 0.508 e. The minimum Gasteiger partial charge on any atom is -0.508 e. The maximum absolute atomic E-state index is 12.7. The van der Waals surface area contributed by atoms with Crippen LogP contribution in [0.2, 0.25) is 0 Å². The van der Waals surface area contributed by atoms with Crippen molar-refractivity contribution in [3.05, 3.63) is 29.8 Å². The number of nitrogens with one attached hydrogen (secondary N) is 2. The van der Waals surface area contributed by atoms with Gasteiger partial charge in [0.1, 0.15) is 17.6 Å². The van der Waals surface area contributed by atoms with Crippen LogP contribution in [0.15, 0.2) is 24.3 Å². The molecule has 1 aromatic rings. The second-order valence-corrected chi connectivity index (χ2v) is 8.12. The molecule has 32 heavy (non-hydrogen) atoms. The van der Waals surface area contributed by atoms with E-state index in [0.29, 0.717) is 18.4 Å². The number of Topliss-reactive ketones (excluding diaryl/α,β-unsaturated/α-hetero) is 2. The summed E-state index contributed by atoms with van der Waals surface area (Å²) in [5, 5.41) is 21.1. The Balaban J connectivity index is 2.69. The molecule has 4 atom stereocenters. The molecule has 0 fully saturated rings. The van der Waals surface area contributed by atoms with Gasteiger partial charge in [-0.2, -0.15) is 0 Å². The predicted octanol–water partition coefficient (Wildman–Crippen LogP) is 0.910. The zero-order chi connectivity index (χ0) is 24.3. The lowest BCUT2D eigenvalue weighted by molar-refractivity contribution is -0.133. The molecule has 0 saturated heterocycles. The molecule has 0 aliphatic rings. The summed E-state index contributed by atoms with van der Waals surface area (Å²) in [6, 6.07) is 4.17. The highest BCUT2D eigenvalue weighted by Gasteiger charge is 2.29. The van der Waals surface area contributed by atoms with Crippen LogP contribution in [0.3, 0.4) is 0 Å². The fraction of sp³-hybridized carbons (Fsp3) is 0.565. The smallest absolute Gasteiger partial charge is 0.239 e. The maximum Gasteiger partial charge on any atom is 0.239 e. The summed E-state index contributed by atoms with van der Waals surface area (Å²) in [4.78, 5) is 49.0. The summed E-state index contributed by atoms with van der Waals surface area (Å²) in [5.41, 5.74) is 13.9. The average Bonchev–Trinajstić information content (AvgIpc) is 2.75. The van der Waals surface area contributed by atoms with E-state index in [4.69, 9.17) is 11.5 Å². The maximum atomic E-state index is 12.7. The Morgan fingerprint density at radius 2 is 1.66 bits per heavy atom. The molecule has 177 valence electrons. The number of amides is 2. The van der Waals surface area contributed by atoms with Gasteiger partial charge >= 0.3 is 0 Å². The number of unbranched alkanes of at least 4 members (excludes halogenated alkanes) is 1. The minimum absolute atomic E-state index is 0.0901. The highest BCUT2D eigenvalue weighted by Crippen LogP contribution is 2.20. The van der Waals surface area contributed by atoms with Crippen LogP contribution in [0.25, 0.3) is 0 Å². The van der Waals surface area contributed by atoms with Crippen molar-refractivity contribution < 1.29 is 29.4 Å². The number of rotatable bonds is 15. The number of hydrogen-bond acceptors (Lipinski definition) is 6. The quantitative estimate of drug-likeness (QED) is 0.310. The number of carbonyl (C=O) groups excluding carboxylic acids is 4. The van der Waals surface area contributed by atoms with E-state index in [2.05, 4.69) is 5.32 Å². The molecule has 9 heteroatoms. The van der Waals surface area contributed by atoms with E-state index >= 15 is 0 Å². The standard InChI is InChI=1S/C23H34N3O6/c1-3-4-5-16(21(30)12-17(13-27)22(25)31)11-20(29)14(2)26-23(32)19(24)10-15-6-8-18(28)9-7-15/h6-9,14,16-17,19,24,27-28H,3-5,10-13H2,1-2H3,(H2,25,31)(H,26,32)/t14-,16-,17+,19+/m1/s1. The summed E-state index contributed by atoms with van der Waals surface area (Å²) in [6.45, 7) is 2.93. The lowest BCUT2D eigenvalue weighted by Crippen LogP contribution is -2.45. The van der Waals surface area contributed by atoms with Crippen LogP contribution >= 0.6 is 0 Å². The molecule has 2 amide bonds. The topological polar surface area (TPSA) is 171 Å². The van der Waals surface area contributed by atoms with Crippen molar-refractivity contribution in [2.45, 2.75) is 64.5 Å². The normalized spacial score (nSPS) is 14.8. The molecule has 1 radical (unpaired) electrons. The van der Waals surface area contributed by atoms with Gasteiger partial charge in [-0.1, -0.05) is 31.9 Å². The number of phenols is 1. The highest BCUT2D eigenvalue weighted by atomic mass is 16.3. The molecule has 0 spiro atoms. The fourth-order valence-corrected chi connectivity index (χ4v) is 3.27. The number of aromatic hydroxyl groups is 1. The monoisotopic (exact) mass is 448 g/mol. The first-order valence-corrected chi connectivity index (χ1v) is 10.8. The third kappa shape index (κ3) is 9.15. The van der Waals surface area contributed by atoms with E-state index in [1.54, 1.807) is 12.1 Å². The number of hydrogen-bond donors (Lipinski definition) is 4. The zero-order valence-corrected chi connectivity index (χ0v) is 18.7. The number of phenolic OH excluding ortho intramolecular Hbond substituents is 1. The molecule has 0 heterocycles. The zero-order valence-electron chi connectivity index (χ0n) is 18.7. The van der Waals surface area contributed by atoms with Crippen molar-refractivity contribution in [1.82, 2.24) is 11.1 Å². The second kappa shape index (κ2) is 13.6. The summed E-state index contributed by atoms with van der Waals surface area (Å²) in [5.74, 6) is -3.55. The van der Waals surface area contributed by atoms with Gasteiger partial charge in [0.25, 0.3) is 0 Å². The number of benzene rings is 1. The van der Waals surface area contributed by atoms with Crippen LogP contribution < -0.4 is 16.8 Å². The fourth-order valence-electron chi connectivity index (χ4n) is 3.27. The summed E-state index contributed by atoms with van der Waals surface area (Å²) in [7, 11) is 0. The van der Waals surface area contributed by atoms with Gasteiger partial charge in [0, 0.05) is 18.8 Å². The average molecular weight is 449 g/mol. The molecule has 0 saturated carbocycles. The van der Waals surface area contributed by atoms with Gasteiger partial charge < -0.3 is 21.3 Å². The Morgan fingerprint density at radius 3 is 2.19 bits per heavy atom. The van der Waals surface area contributed by atoms with Gasteiger partial charge in [0.05, 0.1) is 18.6 Å². The van der Waals surface area contributed by atoms with Crippen LogP contribution in [0.5, 0.6) is 5.75 Å². The van der Waals surface area contributed by atoms with E-state index in [1.165, 1.54) is 19.1 Å². The molecule has 0 aliphatic heterocycles. The van der Waals surface area contributed by atoms with Gasteiger partial charge in [0.15, 0.2) is 5.78 Å². The van der Waals surface area contributed by atoms with Crippen molar-refractivity contribution in [3.8, 4) is 5.75 Å². The summed E-state index contributed by atoms with van der Waals surface area (Å²) < 4.78 is 0. The number of carbonyl (C=O) groups is 4. The van der Waals surface area contributed by atoms with Gasteiger partial charge in [0.2, 0.25) is 11.8 Å². The van der Waals surface area contributed by atoms with Crippen LogP contribution in [0, 0.1) is 11.8 Å². The molecule has 0 aliphatic carbocycles. The van der Waals surface area contributed by atoms with Crippen LogP contribution in [-0.2, 0) is 25.6 Å². The number of nitrogens with two attached hydrogens (primary N) is 1. The second-order valence-electron chi connectivity index (χ2n) is 8.12. The predicted molar refractivity (Wildman–Crippen MR) is 118 cm³/mol. The van der Waals surface area contributed by atoms with Gasteiger partial charge in [-0.05, 0) is 37.5 Å². The molecular weight excluding hydrogens is 414 g/mol. The van der Waals surface area contributed by atoms with Crippen LogP contribution in [0.1, 0.15) is 51.5 Å². The van der Waals surface area contributed by atoms with E-state index in [1.807, 2.05) is 6.92 Å². The first kappa shape index (κ1) is 27.3. The molecule has 6 N–H and O–H groups in total. The highest BCUT2D eigenvalue weighted by molar-refractivity contribution is 5.94. The Labute approximate surface area is 188 Å². The van der Waals surface area contributed by atoms with Crippen molar-refractivity contribution in [2.75, 3.05) is 6.61 Å². The van der Waals surface area contributed by atoms with Crippen LogP contribution in [0.4, 0.5) is 0 Å². The van der Waals surface area contributed by atoms with Crippen molar-refractivity contribution in [1.29, 1.82) is 0 Å². The summed E-state index contributed by atoms with van der Waals surface area (Å²) in [6.07, 6.45) is 1.79. The van der Waals surface area contributed by atoms with E-state index in [0.717, 1.165) is 6.42 Å². The number of aliphatic hydroxyl groups excluding tert-OH is 1. The Hall–Kier alpha value is -2.78. The van der Waals surface area contributed by atoms with E-state index in [-0.39, 0.29) is 36.6 Å². The number of ketones is 2.